The molecule has 104 valence electrons. The molecule has 0 saturated heterocycles. The van der Waals surface area contributed by atoms with Gasteiger partial charge in [-0.3, -0.25) is 9.69 Å². The molecule has 4 nitrogen and oxygen atoms in total. The number of methoxy groups -OCH3 is 1. The van der Waals surface area contributed by atoms with Crippen LogP contribution in [0.25, 0.3) is 0 Å². The van der Waals surface area contributed by atoms with Gasteiger partial charge in [-0.1, -0.05) is 12.1 Å². The van der Waals surface area contributed by atoms with Crippen molar-refractivity contribution in [3.63, 3.8) is 0 Å². The van der Waals surface area contributed by atoms with Crippen molar-refractivity contribution in [1.29, 1.82) is 0 Å². The van der Waals surface area contributed by atoms with E-state index in [9.17, 15) is 4.79 Å². The van der Waals surface area contributed by atoms with Gasteiger partial charge in [-0.2, -0.15) is 0 Å². The largest absolute Gasteiger partial charge is 0.497 e. The fraction of sp³-hybridized carbons (Fsp3) is 0.533. The van der Waals surface area contributed by atoms with E-state index in [0.29, 0.717) is 6.04 Å². The van der Waals surface area contributed by atoms with Crippen molar-refractivity contribution in [3.8, 4) is 5.75 Å². The Labute approximate surface area is 114 Å². The molecular weight excluding hydrogens is 240 g/mol. The molecular formula is C15H22N2O2. The van der Waals surface area contributed by atoms with Crippen LogP contribution in [0, 0.1) is 0 Å². The molecule has 1 aliphatic rings. The number of ether oxygens (including phenoxy) is 1. The lowest BCUT2D eigenvalue weighted by Gasteiger charge is -2.27. The molecule has 1 aromatic rings. The Morgan fingerprint density at radius 3 is 2.53 bits per heavy atom. The molecule has 0 unspecified atom stereocenters. The summed E-state index contributed by atoms with van der Waals surface area (Å²) in [5, 5.41) is 2.73. The maximum atomic E-state index is 11.8. The van der Waals surface area contributed by atoms with Gasteiger partial charge in [0.05, 0.1) is 13.2 Å². The smallest absolute Gasteiger partial charge is 0.236 e. The molecule has 0 aliphatic heterocycles. The predicted molar refractivity (Wildman–Crippen MR) is 75.1 cm³/mol. The molecule has 1 amide bonds. The predicted octanol–water partition coefficient (Wildman–Crippen LogP) is 1.79. The van der Waals surface area contributed by atoms with Crippen LogP contribution in [0.1, 0.15) is 25.3 Å². The van der Waals surface area contributed by atoms with Gasteiger partial charge in [-0.05, 0) is 37.5 Å². The van der Waals surface area contributed by atoms with Crippen molar-refractivity contribution < 1.29 is 9.53 Å². The first-order chi connectivity index (χ1) is 9.15. The van der Waals surface area contributed by atoms with Gasteiger partial charge >= 0.3 is 0 Å². The van der Waals surface area contributed by atoms with E-state index in [2.05, 4.69) is 22.3 Å². The number of carbonyl (C=O) groups is 1. The summed E-state index contributed by atoms with van der Waals surface area (Å²) in [5.41, 5.74) is 1.21. The molecule has 1 aliphatic carbocycles. The Balaban J connectivity index is 2.05. The van der Waals surface area contributed by atoms with E-state index in [-0.39, 0.29) is 11.9 Å². The van der Waals surface area contributed by atoms with Crippen LogP contribution in [-0.4, -0.2) is 37.0 Å². The van der Waals surface area contributed by atoms with Gasteiger partial charge in [0.2, 0.25) is 5.91 Å². The number of nitrogens with one attached hydrogen (secondary N) is 1. The minimum atomic E-state index is -0.0837. The summed E-state index contributed by atoms with van der Waals surface area (Å²) in [6.07, 6.45) is 2.38. The van der Waals surface area contributed by atoms with Crippen LogP contribution in [0.2, 0.25) is 0 Å². The highest BCUT2D eigenvalue weighted by Crippen LogP contribution is 2.30. The second-order valence-corrected chi connectivity index (χ2v) is 5.04. The van der Waals surface area contributed by atoms with E-state index in [4.69, 9.17) is 4.74 Å². The molecule has 2 rings (SSSR count). The minimum Gasteiger partial charge on any atom is -0.497 e. The molecule has 1 saturated carbocycles. The van der Waals surface area contributed by atoms with E-state index >= 15 is 0 Å². The number of amides is 1. The molecule has 1 fully saturated rings. The van der Waals surface area contributed by atoms with Crippen LogP contribution in [0.15, 0.2) is 24.3 Å². The van der Waals surface area contributed by atoms with Crippen molar-refractivity contribution in [2.24, 2.45) is 0 Å². The number of carbonyl (C=O) groups excluding carboxylic acids is 1. The molecule has 0 heterocycles. The first kappa shape index (κ1) is 13.9. The quantitative estimate of drug-likeness (QED) is 0.850. The second kappa shape index (κ2) is 6.06. The molecule has 0 bridgehead atoms. The number of rotatable bonds is 6. The van der Waals surface area contributed by atoms with Crippen LogP contribution >= 0.6 is 0 Å². The van der Waals surface area contributed by atoms with Gasteiger partial charge < -0.3 is 10.1 Å². The topological polar surface area (TPSA) is 41.6 Å². The van der Waals surface area contributed by atoms with Crippen molar-refractivity contribution in [1.82, 2.24) is 10.2 Å². The average Bonchev–Trinajstić information content (AvgIpc) is 3.28. The van der Waals surface area contributed by atoms with E-state index in [1.807, 2.05) is 19.1 Å². The fourth-order valence-corrected chi connectivity index (χ4v) is 2.29. The van der Waals surface area contributed by atoms with Gasteiger partial charge in [0, 0.05) is 19.6 Å². The van der Waals surface area contributed by atoms with Gasteiger partial charge in [0.1, 0.15) is 5.75 Å². The maximum Gasteiger partial charge on any atom is 0.236 e. The first-order valence-corrected chi connectivity index (χ1v) is 6.76. The highest BCUT2D eigenvalue weighted by atomic mass is 16.5. The van der Waals surface area contributed by atoms with Crippen molar-refractivity contribution in [2.75, 3.05) is 14.2 Å². The third-order valence-electron chi connectivity index (χ3n) is 3.66. The normalized spacial score (nSPS) is 16.2. The molecule has 0 aromatic heterocycles. The van der Waals surface area contributed by atoms with Gasteiger partial charge in [-0.25, -0.2) is 0 Å². The van der Waals surface area contributed by atoms with E-state index in [1.165, 1.54) is 18.4 Å². The number of hydrogen-bond acceptors (Lipinski definition) is 3. The van der Waals surface area contributed by atoms with E-state index in [0.717, 1.165) is 12.3 Å². The summed E-state index contributed by atoms with van der Waals surface area (Å²) in [5.74, 6) is 0.946. The van der Waals surface area contributed by atoms with Crippen molar-refractivity contribution in [2.45, 2.75) is 38.4 Å². The van der Waals surface area contributed by atoms with Crippen LogP contribution in [0.5, 0.6) is 5.75 Å². The summed E-state index contributed by atoms with van der Waals surface area (Å²) in [7, 11) is 3.36. The zero-order valence-corrected chi connectivity index (χ0v) is 11.8. The van der Waals surface area contributed by atoms with Gasteiger partial charge in [0.25, 0.3) is 0 Å². The van der Waals surface area contributed by atoms with Crippen molar-refractivity contribution in [3.05, 3.63) is 29.8 Å². The van der Waals surface area contributed by atoms with Gasteiger partial charge in [0.15, 0.2) is 0 Å². The second-order valence-electron chi connectivity index (χ2n) is 5.04. The lowest BCUT2D eigenvalue weighted by atomic mass is 10.1. The van der Waals surface area contributed by atoms with Gasteiger partial charge in [-0.15, -0.1) is 0 Å². The number of likely N-dealkylation sites (N-methyl/N-ethyl adjacent to an activating group) is 1. The minimum absolute atomic E-state index is 0.0837. The summed E-state index contributed by atoms with van der Waals surface area (Å²) in [6, 6.07) is 8.51. The zero-order valence-electron chi connectivity index (χ0n) is 11.8. The monoisotopic (exact) mass is 262 g/mol. The Bertz CT molecular complexity index is 426. The highest BCUT2D eigenvalue weighted by molar-refractivity contribution is 5.81. The molecule has 1 N–H and O–H groups in total. The summed E-state index contributed by atoms with van der Waals surface area (Å²) in [4.78, 5) is 14.1. The number of nitrogens with zero attached hydrogens (tertiary/aromatic N) is 1. The SMILES string of the molecule is CNC(=O)[C@@H](C)N(Cc1ccc(OC)cc1)C1CC1. The highest BCUT2D eigenvalue weighted by Gasteiger charge is 2.34. The van der Waals surface area contributed by atoms with Crippen molar-refractivity contribution >= 4 is 5.91 Å². The van der Waals surface area contributed by atoms with Crippen LogP contribution in [0.3, 0.4) is 0 Å². The van der Waals surface area contributed by atoms with Crippen LogP contribution < -0.4 is 10.1 Å². The molecule has 1 aromatic carbocycles. The number of hydrogen-bond donors (Lipinski definition) is 1. The van der Waals surface area contributed by atoms with Crippen LogP contribution in [0.4, 0.5) is 0 Å². The van der Waals surface area contributed by atoms with Crippen LogP contribution in [-0.2, 0) is 11.3 Å². The van der Waals surface area contributed by atoms with E-state index < -0.39 is 0 Å². The molecule has 19 heavy (non-hydrogen) atoms. The lowest BCUT2D eigenvalue weighted by Crippen LogP contribution is -2.44. The molecule has 0 radical (unpaired) electrons. The number of benzene rings is 1. The maximum absolute atomic E-state index is 11.8. The molecule has 4 heteroatoms. The molecule has 1 atom stereocenters. The molecule has 0 spiro atoms. The first-order valence-electron chi connectivity index (χ1n) is 6.76. The Morgan fingerprint density at radius 2 is 2.05 bits per heavy atom. The average molecular weight is 262 g/mol. The fourth-order valence-electron chi connectivity index (χ4n) is 2.29. The van der Waals surface area contributed by atoms with E-state index in [1.54, 1.807) is 14.2 Å². The third kappa shape index (κ3) is 3.47. The summed E-state index contributed by atoms with van der Waals surface area (Å²) < 4.78 is 5.16. The lowest BCUT2D eigenvalue weighted by molar-refractivity contribution is -0.125. The standard InChI is InChI=1S/C15H22N2O2/c1-11(15(18)16-2)17(13-6-7-13)10-12-4-8-14(19-3)9-5-12/h4-5,8-9,11,13H,6-7,10H2,1-3H3,(H,16,18)/t11-/m1/s1. The Morgan fingerprint density at radius 1 is 1.42 bits per heavy atom. The third-order valence-corrected chi connectivity index (χ3v) is 3.66. The Kier molecular flexibility index (Phi) is 4.43. The Hall–Kier alpha value is -1.55. The summed E-state index contributed by atoms with van der Waals surface area (Å²) >= 11 is 0. The summed E-state index contributed by atoms with van der Waals surface area (Å²) in [6.45, 7) is 2.78. The zero-order chi connectivity index (χ0) is 13.8.